The molecule has 1 atom stereocenters. The van der Waals surface area contributed by atoms with Gasteiger partial charge < -0.3 is 25.8 Å². The van der Waals surface area contributed by atoms with Crippen molar-refractivity contribution in [2.75, 3.05) is 17.2 Å². The second-order valence-electron chi connectivity index (χ2n) is 7.75. The SMILES string of the molecule is CC(COc1cc(F)cc(F)c1)NC(=O)Nc1ccc(NC(=O)C(F)(F)F)c2cnccc12.O=C(O)C(F)(F)F. The number of rotatable bonds is 6. The van der Waals surface area contributed by atoms with Crippen LogP contribution in [0, 0.1) is 11.6 Å². The van der Waals surface area contributed by atoms with Crippen LogP contribution in [-0.4, -0.2) is 53.0 Å². The molecule has 0 spiro atoms. The number of nitrogens with zero attached hydrogens (tertiary/aromatic N) is 1. The summed E-state index contributed by atoms with van der Waals surface area (Å²) in [4.78, 5) is 36.4. The summed E-state index contributed by atoms with van der Waals surface area (Å²) in [6.45, 7) is 1.50. The lowest BCUT2D eigenvalue weighted by Crippen LogP contribution is -2.39. The Morgan fingerprint density at radius 3 is 1.98 bits per heavy atom. The van der Waals surface area contributed by atoms with E-state index in [4.69, 9.17) is 14.6 Å². The van der Waals surface area contributed by atoms with E-state index in [9.17, 15) is 44.7 Å². The van der Waals surface area contributed by atoms with E-state index in [0.717, 1.165) is 12.1 Å². The number of carboxylic acids is 1. The van der Waals surface area contributed by atoms with Crippen LogP contribution in [0.2, 0.25) is 0 Å². The number of halogens is 8. The Bertz CT molecular complexity index is 1360. The Morgan fingerprint density at radius 1 is 0.900 bits per heavy atom. The highest BCUT2D eigenvalue weighted by atomic mass is 19.4. The molecule has 216 valence electrons. The maximum absolute atomic E-state index is 13.2. The monoisotopic (exact) mass is 582 g/mol. The van der Waals surface area contributed by atoms with Crippen molar-refractivity contribution in [3.63, 3.8) is 0 Å². The number of amides is 3. The van der Waals surface area contributed by atoms with Gasteiger partial charge in [0.1, 0.15) is 24.0 Å². The van der Waals surface area contributed by atoms with Crippen LogP contribution in [0.1, 0.15) is 6.92 Å². The van der Waals surface area contributed by atoms with Gasteiger partial charge >= 0.3 is 30.3 Å². The molecule has 17 heteroatoms. The summed E-state index contributed by atoms with van der Waals surface area (Å²) in [5.41, 5.74) is 0.116. The van der Waals surface area contributed by atoms with E-state index in [0.29, 0.717) is 11.5 Å². The molecule has 0 fully saturated rings. The average molecular weight is 582 g/mol. The molecule has 0 saturated heterocycles. The molecule has 0 saturated carbocycles. The number of ether oxygens (including phenoxy) is 1. The molecule has 4 N–H and O–H groups in total. The molecule has 1 heterocycles. The molecule has 3 rings (SSSR count). The molecule has 0 radical (unpaired) electrons. The molecule has 0 aliphatic rings. The number of aromatic nitrogens is 1. The lowest BCUT2D eigenvalue weighted by molar-refractivity contribution is -0.192. The first-order valence-electron chi connectivity index (χ1n) is 10.7. The van der Waals surface area contributed by atoms with E-state index in [1.807, 2.05) is 0 Å². The molecule has 0 aliphatic carbocycles. The maximum Gasteiger partial charge on any atom is 0.490 e. The Balaban J connectivity index is 0.000000708. The lowest BCUT2D eigenvalue weighted by atomic mass is 10.1. The number of carbonyl (C=O) groups is 3. The van der Waals surface area contributed by atoms with Crippen LogP contribution in [0.25, 0.3) is 10.8 Å². The maximum atomic E-state index is 13.2. The van der Waals surface area contributed by atoms with Gasteiger partial charge in [-0.15, -0.1) is 0 Å². The number of hydrogen-bond donors (Lipinski definition) is 4. The van der Waals surface area contributed by atoms with Gasteiger partial charge in [0.05, 0.1) is 17.4 Å². The first-order valence-corrected chi connectivity index (χ1v) is 10.7. The van der Waals surface area contributed by atoms with E-state index in [2.05, 4.69) is 15.6 Å². The van der Waals surface area contributed by atoms with E-state index in [-0.39, 0.29) is 29.1 Å². The standard InChI is InChI=1S/C21H17F5N4O3.C2HF3O2/c1-11(10-33-14-7-12(22)6-13(23)8-14)28-20(32)30-17-2-3-18(29-19(31)21(24,25)26)16-9-27-5-4-15(16)17;3-2(4,5)1(6)7/h2-9,11H,10H2,1H3,(H,29,31)(H2,28,30,32);(H,6,7). The van der Waals surface area contributed by atoms with Crippen LogP contribution in [0.5, 0.6) is 5.75 Å². The van der Waals surface area contributed by atoms with Crippen LogP contribution in [0.15, 0.2) is 48.8 Å². The summed E-state index contributed by atoms with van der Waals surface area (Å²) >= 11 is 0. The number of carbonyl (C=O) groups excluding carboxylic acids is 2. The Hall–Kier alpha value is -4.70. The quantitative estimate of drug-likeness (QED) is 0.295. The van der Waals surface area contributed by atoms with Gasteiger partial charge in [0.2, 0.25) is 0 Å². The van der Waals surface area contributed by atoms with Crippen molar-refractivity contribution >= 4 is 40.1 Å². The zero-order valence-corrected chi connectivity index (χ0v) is 20.0. The van der Waals surface area contributed by atoms with Crippen molar-refractivity contribution in [3.8, 4) is 5.75 Å². The first kappa shape index (κ1) is 31.5. The van der Waals surface area contributed by atoms with Crippen LogP contribution >= 0.6 is 0 Å². The average Bonchev–Trinajstić information content (AvgIpc) is 2.83. The predicted molar refractivity (Wildman–Crippen MR) is 124 cm³/mol. The third kappa shape index (κ3) is 9.55. The molecular formula is C23H18F8N4O5. The fraction of sp³-hybridized carbons (Fsp3) is 0.217. The number of alkyl halides is 6. The zero-order chi connectivity index (χ0) is 30.3. The number of anilines is 2. The molecule has 1 aromatic heterocycles. The third-order valence-corrected chi connectivity index (χ3v) is 4.53. The molecule has 3 aromatic rings. The summed E-state index contributed by atoms with van der Waals surface area (Å²) in [5, 5.41) is 14.5. The van der Waals surface area contributed by atoms with Crippen LogP contribution in [-0.2, 0) is 9.59 Å². The van der Waals surface area contributed by atoms with Crippen molar-refractivity contribution < 1.29 is 59.4 Å². The van der Waals surface area contributed by atoms with Crippen molar-refractivity contribution in [2.24, 2.45) is 0 Å². The minimum Gasteiger partial charge on any atom is -0.491 e. The zero-order valence-electron chi connectivity index (χ0n) is 20.0. The van der Waals surface area contributed by atoms with E-state index in [1.54, 1.807) is 12.2 Å². The molecule has 0 bridgehead atoms. The predicted octanol–water partition coefficient (Wildman–Crippen LogP) is 5.24. The van der Waals surface area contributed by atoms with Gasteiger partial charge in [-0.1, -0.05) is 0 Å². The molecule has 1 unspecified atom stereocenters. The number of fused-ring (bicyclic) bond motifs is 1. The summed E-state index contributed by atoms with van der Waals surface area (Å²) in [6.07, 6.45) is -7.53. The summed E-state index contributed by atoms with van der Waals surface area (Å²) in [6, 6.07) is 5.43. The molecular weight excluding hydrogens is 564 g/mol. The normalized spacial score (nSPS) is 12.0. The molecule has 40 heavy (non-hydrogen) atoms. The van der Waals surface area contributed by atoms with Gasteiger partial charge in [-0.2, -0.15) is 26.3 Å². The van der Waals surface area contributed by atoms with Crippen molar-refractivity contribution in [1.29, 1.82) is 0 Å². The largest absolute Gasteiger partial charge is 0.491 e. The second kappa shape index (κ2) is 12.9. The number of aliphatic carboxylic acids is 1. The highest BCUT2D eigenvalue weighted by Crippen LogP contribution is 2.30. The number of nitrogens with one attached hydrogen (secondary N) is 3. The Kier molecular flexibility index (Phi) is 10.2. The van der Waals surface area contributed by atoms with Gasteiger partial charge in [-0.25, -0.2) is 18.4 Å². The van der Waals surface area contributed by atoms with Crippen LogP contribution in [0.3, 0.4) is 0 Å². The minimum atomic E-state index is -5.08. The number of hydrogen-bond acceptors (Lipinski definition) is 5. The van der Waals surface area contributed by atoms with Gasteiger partial charge in [0, 0.05) is 41.4 Å². The van der Waals surface area contributed by atoms with E-state index in [1.165, 1.54) is 30.6 Å². The topological polar surface area (TPSA) is 130 Å². The highest BCUT2D eigenvalue weighted by molar-refractivity contribution is 6.09. The Morgan fingerprint density at radius 2 is 1.45 bits per heavy atom. The highest BCUT2D eigenvalue weighted by Gasteiger charge is 2.39. The smallest absolute Gasteiger partial charge is 0.490 e. The van der Waals surface area contributed by atoms with Gasteiger partial charge in [-0.05, 0) is 25.1 Å². The van der Waals surface area contributed by atoms with Crippen LogP contribution in [0.4, 0.5) is 51.3 Å². The second-order valence-corrected chi connectivity index (χ2v) is 7.75. The number of pyridine rings is 1. The number of urea groups is 1. The number of benzene rings is 2. The lowest BCUT2D eigenvalue weighted by Gasteiger charge is -2.17. The fourth-order valence-electron chi connectivity index (χ4n) is 2.86. The van der Waals surface area contributed by atoms with Crippen molar-refractivity contribution in [3.05, 3.63) is 60.4 Å². The van der Waals surface area contributed by atoms with Crippen molar-refractivity contribution in [1.82, 2.24) is 10.3 Å². The molecule has 3 amide bonds. The van der Waals surface area contributed by atoms with Gasteiger partial charge in [-0.3, -0.25) is 9.78 Å². The first-order chi connectivity index (χ1) is 18.5. The van der Waals surface area contributed by atoms with Crippen LogP contribution < -0.4 is 20.7 Å². The van der Waals surface area contributed by atoms with Gasteiger partial charge in [0.15, 0.2) is 0 Å². The summed E-state index contributed by atoms with van der Waals surface area (Å²) in [7, 11) is 0. The Labute approximate surface area is 219 Å². The molecule has 0 aliphatic heterocycles. The third-order valence-electron chi connectivity index (χ3n) is 4.53. The van der Waals surface area contributed by atoms with E-state index >= 15 is 0 Å². The molecule has 2 aromatic carbocycles. The summed E-state index contributed by atoms with van der Waals surface area (Å²) < 4.78 is 101. The molecule has 9 nitrogen and oxygen atoms in total. The number of carboxylic acid groups (broad SMARTS) is 1. The fourth-order valence-corrected chi connectivity index (χ4v) is 2.86. The van der Waals surface area contributed by atoms with Gasteiger partial charge in [0.25, 0.3) is 0 Å². The van der Waals surface area contributed by atoms with E-state index < -0.39 is 47.9 Å². The van der Waals surface area contributed by atoms with Crippen molar-refractivity contribution in [2.45, 2.75) is 25.3 Å². The summed E-state index contributed by atoms with van der Waals surface area (Å²) in [5.74, 6) is -6.55. The minimum absolute atomic E-state index is 0.0449.